The molecule has 0 spiro atoms. The van der Waals surface area contributed by atoms with Crippen LogP contribution in [-0.2, 0) is 9.53 Å². The van der Waals surface area contributed by atoms with Crippen molar-refractivity contribution >= 4 is 29.5 Å². The summed E-state index contributed by atoms with van der Waals surface area (Å²) in [6, 6.07) is 0. The molecule has 0 aromatic rings. The summed E-state index contributed by atoms with van der Waals surface area (Å²) in [5.74, 6) is 4.69. The Morgan fingerprint density at radius 1 is 1.00 bits per heavy atom. The highest BCUT2D eigenvalue weighted by Gasteiger charge is 2.47. The fourth-order valence-electron chi connectivity index (χ4n) is 4.80. The van der Waals surface area contributed by atoms with E-state index in [2.05, 4.69) is 25.6 Å². The molecule has 164 valence electrons. The molecule has 0 saturated carbocycles. The predicted octanol–water partition coefficient (Wildman–Crippen LogP) is 6.64. The van der Waals surface area contributed by atoms with Gasteiger partial charge in [-0.25, -0.2) is 0 Å². The number of hydrogen-bond acceptors (Lipinski definition) is 4. The van der Waals surface area contributed by atoms with Crippen molar-refractivity contribution in [1.29, 1.82) is 0 Å². The maximum atomic E-state index is 10.7. The van der Waals surface area contributed by atoms with Crippen LogP contribution in [0.3, 0.4) is 0 Å². The lowest BCUT2D eigenvalue weighted by atomic mass is 9.75. The van der Waals surface area contributed by atoms with E-state index in [9.17, 15) is 4.79 Å². The second-order valence-electron chi connectivity index (χ2n) is 8.69. The SMILES string of the molecule is CCCCCCSCCCCC1C2CCC(O2)C1CCSC(C)CCC(=O)O. The number of fused-ring (bicyclic) bond motifs is 2. The molecule has 0 aromatic carbocycles. The molecule has 2 aliphatic heterocycles. The summed E-state index contributed by atoms with van der Waals surface area (Å²) in [5, 5.41) is 9.27. The Labute approximate surface area is 181 Å². The first-order valence-electron chi connectivity index (χ1n) is 11.7. The fraction of sp³-hybridized carbons (Fsp3) is 0.957. The molecule has 2 bridgehead atoms. The molecule has 2 rings (SSSR count). The molecular weight excluding hydrogens is 388 g/mol. The standard InChI is InChI=1S/C23H42O3S2/c1-3-4-5-7-15-27-16-8-6-9-19-20(22-12-11-21(19)26-22)14-17-28-18(2)10-13-23(24)25/h18-22H,3-17H2,1-2H3,(H,24,25). The van der Waals surface area contributed by atoms with Crippen LogP contribution in [0.5, 0.6) is 0 Å². The van der Waals surface area contributed by atoms with Gasteiger partial charge in [-0.1, -0.05) is 39.5 Å². The topological polar surface area (TPSA) is 46.5 Å². The van der Waals surface area contributed by atoms with Crippen molar-refractivity contribution in [2.45, 2.75) is 108 Å². The molecule has 1 N–H and O–H groups in total. The summed E-state index contributed by atoms with van der Waals surface area (Å²) in [7, 11) is 0. The summed E-state index contributed by atoms with van der Waals surface area (Å²) < 4.78 is 6.27. The van der Waals surface area contributed by atoms with Crippen LogP contribution in [-0.4, -0.2) is 45.8 Å². The van der Waals surface area contributed by atoms with Gasteiger partial charge in [-0.3, -0.25) is 4.79 Å². The van der Waals surface area contributed by atoms with Gasteiger partial charge in [0.2, 0.25) is 0 Å². The van der Waals surface area contributed by atoms with E-state index in [1.165, 1.54) is 75.7 Å². The molecule has 0 aliphatic carbocycles. The Bertz CT molecular complexity index is 432. The highest BCUT2D eigenvalue weighted by Crippen LogP contribution is 2.47. The Hall–Kier alpha value is 0.130. The molecule has 5 heteroatoms. The number of thioether (sulfide) groups is 2. The van der Waals surface area contributed by atoms with Crippen molar-refractivity contribution in [2.75, 3.05) is 17.3 Å². The van der Waals surface area contributed by atoms with Crippen molar-refractivity contribution in [1.82, 2.24) is 0 Å². The first kappa shape index (κ1) is 24.4. The minimum Gasteiger partial charge on any atom is -0.481 e. The average molecular weight is 431 g/mol. The van der Waals surface area contributed by atoms with Crippen LogP contribution in [0, 0.1) is 11.8 Å². The number of ether oxygens (including phenoxy) is 1. The summed E-state index contributed by atoms with van der Waals surface area (Å²) in [4.78, 5) is 10.7. The van der Waals surface area contributed by atoms with Crippen molar-refractivity contribution < 1.29 is 14.6 Å². The average Bonchev–Trinajstić information content (AvgIpc) is 3.27. The van der Waals surface area contributed by atoms with Crippen molar-refractivity contribution in [2.24, 2.45) is 11.8 Å². The zero-order chi connectivity index (χ0) is 20.2. The lowest BCUT2D eigenvalue weighted by Crippen LogP contribution is -2.28. The third kappa shape index (κ3) is 8.87. The van der Waals surface area contributed by atoms with Gasteiger partial charge in [-0.05, 0) is 74.0 Å². The maximum Gasteiger partial charge on any atom is 0.303 e. The van der Waals surface area contributed by atoms with Crippen LogP contribution < -0.4 is 0 Å². The molecule has 2 saturated heterocycles. The molecule has 0 aromatic heterocycles. The van der Waals surface area contributed by atoms with Gasteiger partial charge < -0.3 is 9.84 Å². The van der Waals surface area contributed by atoms with Crippen LogP contribution in [0.15, 0.2) is 0 Å². The molecule has 0 radical (unpaired) electrons. The molecule has 28 heavy (non-hydrogen) atoms. The van der Waals surface area contributed by atoms with Gasteiger partial charge in [0.25, 0.3) is 0 Å². The Kier molecular flexibility index (Phi) is 12.4. The van der Waals surface area contributed by atoms with Gasteiger partial charge in [-0.15, -0.1) is 0 Å². The molecule has 3 nitrogen and oxygen atoms in total. The Morgan fingerprint density at radius 2 is 1.68 bits per heavy atom. The highest BCUT2D eigenvalue weighted by atomic mass is 32.2. The smallest absolute Gasteiger partial charge is 0.303 e. The normalized spacial score (nSPS) is 27.4. The van der Waals surface area contributed by atoms with Crippen LogP contribution in [0.25, 0.3) is 0 Å². The first-order valence-corrected chi connectivity index (χ1v) is 13.9. The van der Waals surface area contributed by atoms with Crippen LogP contribution in [0.2, 0.25) is 0 Å². The van der Waals surface area contributed by atoms with Gasteiger partial charge in [-0.2, -0.15) is 23.5 Å². The minimum absolute atomic E-state index is 0.296. The van der Waals surface area contributed by atoms with Crippen LogP contribution in [0.4, 0.5) is 0 Å². The number of carbonyl (C=O) groups is 1. The monoisotopic (exact) mass is 430 g/mol. The van der Waals surface area contributed by atoms with Crippen molar-refractivity contribution in [3.8, 4) is 0 Å². The number of carboxylic acid groups (broad SMARTS) is 1. The van der Waals surface area contributed by atoms with Gasteiger partial charge >= 0.3 is 5.97 Å². The quantitative estimate of drug-likeness (QED) is 0.262. The third-order valence-corrected chi connectivity index (χ3v) is 8.86. The predicted molar refractivity (Wildman–Crippen MR) is 124 cm³/mol. The summed E-state index contributed by atoms with van der Waals surface area (Å²) in [6.07, 6.45) is 15.5. The maximum absolute atomic E-state index is 10.7. The molecular formula is C23H42O3S2. The second kappa shape index (κ2) is 14.2. The Balaban J connectivity index is 1.57. The number of hydrogen-bond donors (Lipinski definition) is 1. The van der Waals surface area contributed by atoms with E-state index >= 15 is 0 Å². The molecule has 2 heterocycles. The van der Waals surface area contributed by atoms with Crippen LogP contribution in [0.1, 0.15) is 90.9 Å². The molecule has 0 amide bonds. The lowest BCUT2D eigenvalue weighted by molar-refractivity contribution is -0.137. The summed E-state index contributed by atoms with van der Waals surface area (Å²) >= 11 is 4.10. The number of aliphatic carboxylic acids is 1. The van der Waals surface area contributed by atoms with Crippen molar-refractivity contribution in [3.63, 3.8) is 0 Å². The number of unbranched alkanes of at least 4 members (excludes halogenated alkanes) is 4. The third-order valence-electron chi connectivity index (χ3n) is 6.43. The van der Waals surface area contributed by atoms with E-state index in [1.807, 2.05) is 11.8 Å². The Morgan fingerprint density at radius 3 is 2.36 bits per heavy atom. The molecule has 5 atom stereocenters. The van der Waals surface area contributed by atoms with Crippen molar-refractivity contribution in [3.05, 3.63) is 0 Å². The first-order chi connectivity index (χ1) is 13.6. The minimum atomic E-state index is -0.673. The van der Waals surface area contributed by atoms with Crippen LogP contribution >= 0.6 is 23.5 Å². The number of rotatable bonds is 17. The van der Waals surface area contributed by atoms with Gasteiger partial charge in [0.15, 0.2) is 0 Å². The van der Waals surface area contributed by atoms with E-state index in [1.54, 1.807) is 0 Å². The highest BCUT2D eigenvalue weighted by molar-refractivity contribution is 7.99. The summed E-state index contributed by atoms with van der Waals surface area (Å²) in [6.45, 7) is 4.45. The van der Waals surface area contributed by atoms with Gasteiger partial charge in [0, 0.05) is 11.7 Å². The van der Waals surface area contributed by atoms with E-state index in [4.69, 9.17) is 9.84 Å². The lowest BCUT2D eigenvalue weighted by Gasteiger charge is -2.28. The fourth-order valence-corrected chi connectivity index (χ4v) is 6.92. The zero-order valence-corrected chi connectivity index (χ0v) is 19.7. The zero-order valence-electron chi connectivity index (χ0n) is 18.1. The van der Waals surface area contributed by atoms with E-state index < -0.39 is 5.97 Å². The second-order valence-corrected chi connectivity index (χ2v) is 11.5. The number of carboxylic acids is 1. The van der Waals surface area contributed by atoms with E-state index in [-0.39, 0.29) is 0 Å². The molecule has 5 unspecified atom stereocenters. The molecule has 2 aliphatic rings. The van der Waals surface area contributed by atoms with E-state index in [0.29, 0.717) is 23.9 Å². The van der Waals surface area contributed by atoms with Gasteiger partial charge in [0.1, 0.15) is 0 Å². The van der Waals surface area contributed by atoms with E-state index in [0.717, 1.165) is 24.0 Å². The molecule has 2 fully saturated rings. The van der Waals surface area contributed by atoms with Gasteiger partial charge in [0.05, 0.1) is 12.2 Å². The summed E-state index contributed by atoms with van der Waals surface area (Å²) in [5.41, 5.74) is 0. The largest absolute Gasteiger partial charge is 0.481 e.